The summed E-state index contributed by atoms with van der Waals surface area (Å²) in [7, 11) is -1.74. The average Bonchev–Trinajstić information content (AvgIpc) is 3.10. The summed E-state index contributed by atoms with van der Waals surface area (Å²) in [5, 5.41) is 1.78. The zero-order valence-corrected chi connectivity index (χ0v) is 15.3. The summed E-state index contributed by atoms with van der Waals surface area (Å²) in [5.41, 5.74) is 1.18. The van der Waals surface area contributed by atoms with Crippen LogP contribution in [0.3, 0.4) is 0 Å². The van der Waals surface area contributed by atoms with Crippen LogP contribution in [0.25, 0.3) is 0 Å². The van der Waals surface area contributed by atoms with Crippen molar-refractivity contribution in [2.75, 3.05) is 20.2 Å². The van der Waals surface area contributed by atoms with E-state index in [1.54, 1.807) is 24.6 Å². The van der Waals surface area contributed by atoms with Crippen LogP contribution >= 0.6 is 11.3 Å². The van der Waals surface area contributed by atoms with Gasteiger partial charge in [0.1, 0.15) is 9.96 Å². The number of ether oxygens (including phenoxy) is 1. The second-order valence-electron chi connectivity index (χ2n) is 5.98. The van der Waals surface area contributed by atoms with Gasteiger partial charge >= 0.3 is 0 Å². The Hall–Kier alpha value is -1.41. The van der Waals surface area contributed by atoms with Gasteiger partial charge in [-0.2, -0.15) is 0 Å². The van der Waals surface area contributed by atoms with Crippen LogP contribution in [-0.4, -0.2) is 39.6 Å². The van der Waals surface area contributed by atoms with E-state index in [-0.39, 0.29) is 6.04 Å². The Morgan fingerprint density at radius 2 is 2.21 bits per heavy atom. The van der Waals surface area contributed by atoms with Gasteiger partial charge in [-0.1, -0.05) is 18.2 Å². The van der Waals surface area contributed by atoms with E-state index in [2.05, 4.69) is 15.7 Å². The molecule has 0 spiro atoms. The fourth-order valence-electron chi connectivity index (χ4n) is 3.02. The van der Waals surface area contributed by atoms with Gasteiger partial charge in [0, 0.05) is 19.1 Å². The number of rotatable bonds is 6. The molecule has 1 N–H and O–H groups in total. The predicted molar refractivity (Wildman–Crippen MR) is 95.9 cm³/mol. The lowest BCUT2D eigenvalue weighted by Gasteiger charge is -2.32. The number of sulfonamides is 1. The van der Waals surface area contributed by atoms with Gasteiger partial charge in [-0.05, 0) is 48.5 Å². The molecule has 2 aromatic rings. The van der Waals surface area contributed by atoms with Crippen LogP contribution in [0.1, 0.15) is 18.4 Å². The molecule has 1 aromatic heterocycles. The third-order valence-electron chi connectivity index (χ3n) is 4.13. The molecular formula is C17H22N2O3S2. The Labute approximate surface area is 147 Å². The second-order valence-corrected chi connectivity index (χ2v) is 8.87. The molecule has 1 fully saturated rings. The summed E-state index contributed by atoms with van der Waals surface area (Å²) in [6.45, 7) is 2.50. The number of hydrogen-bond acceptors (Lipinski definition) is 5. The van der Waals surface area contributed by atoms with Crippen LogP contribution < -0.4 is 9.46 Å². The molecule has 130 valence electrons. The Kier molecular flexibility index (Phi) is 5.55. The Morgan fingerprint density at radius 1 is 1.33 bits per heavy atom. The molecule has 1 atom stereocenters. The lowest BCUT2D eigenvalue weighted by molar-refractivity contribution is 0.194. The molecule has 1 saturated heterocycles. The number of methoxy groups -OCH3 is 1. The minimum absolute atomic E-state index is 0.0449. The van der Waals surface area contributed by atoms with Gasteiger partial charge in [0.05, 0.1) is 7.11 Å². The largest absolute Gasteiger partial charge is 0.497 e. The van der Waals surface area contributed by atoms with Crippen molar-refractivity contribution >= 4 is 21.4 Å². The molecule has 3 rings (SSSR count). The number of piperidine rings is 1. The summed E-state index contributed by atoms with van der Waals surface area (Å²) in [4.78, 5) is 2.29. The van der Waals surface area contributed by atoms with Crippen molar-refractivity contribution < 1.29 is 13.2 Å². The monoisotopic (exact) mass is 366 g/mol. The van der Waals surface area contributed by atoms with E-state index in [0.717, 1.165) is 38.2 Å². The first-order valence-corrected chi connectivity index (χ1v) is 10.3. The Balaban J connectivity index is 1.62. The van der Waals surface area contributed by atoms with Gasteiger partial charge in [-0.15, -0.1) is 11.3 Å². The number of thiophene rings is 1. The smallest absolute Gasteiger partial charge is 0.250 e. The molecule has 0 saturated carbocycles. The van der Waals surface area contributed by atoms with Gasteiger partial charge < -0.3 is 4.74 Å². The average molecular weight is 367 g/mol. The minimum atomic E-state index is -3.40. The van der Waals surface area contributed by atoms with E-state index < -0.39 is 10.0 Å². The van der Waals surface area contributed by atoms with E-state index in [1.165, 1.54) is 16.9 Å². The SMILES string of the molecule is COc1cccc(CN2CCC[C@H](NS(=O)(=O)c3cccs3)C2)c1. The Morgan fingerprint density at radius 3 is 2.96 bits per heavy atom. The molecule has 0 radical (unpaired) electrons. The lowest BCUT2D eigenvalue weighted by Crippen LogP contribution is -2.47. The number of likely N-dealkylation sites (tertiary alicyclic amines) is 1. The summed E-state index contributed by atoms with van der Waals surface area (Å²) in [5.74, 6) is 0.847. The molecule has 0 aliphatic carbocycles. The molecule has 24 heavy (non-hydrogen) atoms. The molecular weight excluding hydrogens is 344 g/mol. The van der Waals surface area contributed by atoms with Gasteiger partial charge in [0.15, 0.2) is 0 Å². The zero-order valence-electron chi connectivity index (χ0n) is 13.6. The predicted octanol–water partition coefficient (Wildman–Crippen LogP) is 2.70. The second kappa shape index (κ2) is 7.65. The molecule has 1 aliphatic rings. The summed E-state index contributed by atoms with van der Waals surface area (Å²) in [6, 6.07) is 11.4. The van der Waals surface area contributed by atoms with Crippen LogP contribution in [0.4, 0.5) is 0 Å². The van der Waals surface area contributed by atoms with Crippen molar-refractivity contribution in [1.29, 1.82) is 0 Å². The number of benzene rings is 1. The van der Waals surface area contributed by atoms with Gasteiger partial charge in [-0.3, -0.25) is 4.90 Å². The normalized spacial score (nSPS) is 19.3. The maximum atomic E-state index is 12.4. The first-order chi connectivity index (χ1) is 11.6. The highest BCUT2D eigenvalue weighted by Crippen LogP contribution is 2.20. The fraction of sp³-hybridized carbons (Fsp3) is 0.412. The standard InChI is InChI=1S/C17H22N2O3S2/c1-22-16-7-2-5-14(11-16)12-19-9-3-6-15(13-19)18-24(20,21)17-8-4-10-23-17/h2,4-5,7-8,10-11,15,18H,3,6,9,12-13H2,1H3/t15-/m0/s1. The van der Waals surface area contributed by atoms with Gasteiger partial charge in [0.25, 0.3) is 0 Å². The molecule has 1 aromatic carbocycles. The van der Waals surface area contributed by atoms with Crippen molar-refractivity contribution in [3.05, 3.63) is 47.3 Å². The molecule has 5 nitrogen and oxygen atoms in total. The van der Waals surface area contributed by atoms with E-state index in [1.807, 2.05) is 18.2 Å². The van der Waals surface area contributed by atoms with Crippen molar-refractivity contribution in [2.24, 2.45) is 0 Å². The summed E-state index contributed by atoms with van der Waals surface area (Å²) in [6.07, 6.45) is 1.86. The van der Waals surface area contributed by atoms with Crippen molar-refractivity contribution in [1.82, 2.24) is 9.62 Å². The van der Waals surface area contributed by atoms with Gasteiger partial charge in [0.2, 0.25) is 10.0 Å². The summed E-state index contributed by atoms with van der Waals surface area (Å²) >= 11 is 1.25. The first kappa shape index (κ1) is 17.4. The number of nitrogens with one attached hydrogen (secondary N) is 1. The third kappa shape index (κ3) is 4.36. The molecule has 0 bridgehead atoms. The van der Waals surface area contributed by atoms with Crippen LogP contribution in [0.5, 0.6) is 5.75 Å². The van der Waals surface area contributed by atoms with Crippen molar-refractivity contribution in [3.63, 3.8) is 0 Å². The number of nitrogens with zero attached hydrogens (tertiary/aromatic N) is 1. The van der Waals surface area contributed by atoms with Crippen LogP contribution in [-0.2, 0) is 16.6 Å². The Bertz CT molecular complexity index is 760. The van der Waals surface area contributed by atoms with Crippen LogP contribution in [0.2, 0.25) is 0 Å². The zero-order chi connectivity index (χ0) is 17.0. The maximum absolute atomic E-state index is 12.4. The highest BCUT2D eigenvalue weighted by Gasteiger charge is 2.25. The molecule has 0 amide bonds. The quantitative estimate of drug-likeness (QED) is 0.854. The fourth-order valence-corrected chi connectivity index (χ4v) is 5.29. The maximum Gasteiger partial charge on any atom is 0.250 e. The minimum Gasteiger partial charge on any atom is -0.497 e. The lowest BCUT2D eigenvalue weighted by atomic mass is 10.1. The highest BCUT2D eigenvalue weighted by molar-refractivity contribution is 7.91. The van der Waals surface area contributed by atoms with Crippen molar-refractivity contribution in [3.8, 4) is 5.75 Å². The summed E-state index contributed by atoms with van der Waals surface area (Å²) < 4.78 is 33.2. The van der Waals surface area contributed by atoms with E-state index in [9.17, 15) is 8.42 Å². The third-order valence-corrected chi connectivity index (χ3v) is 7.05. The van der Waals surface area contributed by atoms with E-state index >= 15 is 0 Å². The highest BCUT2D eigenvalue weighted by atomic mass is 32.2. The first-order valence-electron chi connectivity index (χ1n) is 7.98. The van der Waals surface area contributed by atoms with E-state index in [4.69, 9.17) is 4.74 Å². The van der Waals surface area contributed by atoms with Crippen LogP contribution in [0, 0.1) is 0 Å². The molecule has 1 aliphatic heterocycles. The molecule has 7 heteroatoms. The van der Waals surface area contributed by atoms with Crippen molar-refractivity contribution in [2.45, 2.75) is 29.6 Å². The molecule has 2 heterocycles. The topological polar surface area (TPSA) is 58.6 Å². The van der Waals surface area contributed by atoms with E-state index in [0.29, 0.717) is 4.21 Å². The number of hydrogen-bond donors (Lipinski definition) is 1. The van der Waals surface area contributed by atoms with Gasteiger partial charge in [-0.25, -0.2) is 13.1 Å². The van der Waals surface area contributed by atoms with Crippen LogP contribution in [0.15, 0.2) is 46.0 Å². The molecule has 0 unspecified atom stereocenters.